The van der Waals surface area contributed by atoms with E-state index in [2.05, 4.69) is 0 Å². The van der Waals surface area contributed by atoms with E-state index in [4.69, 9.17) is 0 Å². The van der Waals surface area contributed by atoms with Crippen LogP contribution in [-0.2, 0) is 16.2 Å². The number of rotatable bonds is 5. The van der Waals surface area contributed by atoms with Crippen LogP contribution in [0.5, 0.6) is 0 Å². The highest BCUT2D eigenvalue weighted by atomic mass is 32.2. The lowest BCUT2D eigenvalue weighted by Crippen LogP contribution is -2.50. The largest absolute Gasteiger partial charge is 0.417 e. The molecular formula is C23H26F3N3O4S. The summed E-state index contributed by atoms with van der Waals surface area (Å²) in [6.45, 7) is 3.97. The van der Waals surface area contributed by atoms with E-state index in [1.54, 1.807) is 13.8 Å². The Balaban J connectivity index is 1.67. The molecule has 2 amide bonds. The van der Waals surface area contributed by atoms with Gasteiger partial charge in [0.1, 0.15) is 0 Å². The Bertz CT molecular complexity index is 1160. The van der Waals surface area contributed by atoms with E-state index in [1.165, 1.54) is 57.6 Å². The summed E-state index contributed by atoms with van der Waals surface area (Å²) in [7, 11) is -2.20. The maximum absolute atomic E-state index is 13.3. The highest BCUT2D eigenvalue weighted by Crippen LogP contribution is 2.32. The third-order valence-electron chi connectivity index (χ3n) is 5.82. The van der Waals surface area contributed by atoms with E-state index in [1.807, 2.05) is 0 Å². The van der Waals surface area contributed by atoms with Gasteiger partial charge in [0.2, 0.25) is 10.0 Å². The van der Waals surface area contributed by atoms with Crippen LogP contribution in [0.4, 0.5) is 13.2 Å². The summed E-state index contributed by atoms with van der Waals surface area (Å²) in [5.41, 5.74) is -1.12. The molecule has 0 aliphatic carbocycles. The fourth-order valence-corrected chi connectivity index (χ4v) is 4.96. The van der Waals surface area contributed by atoms with Crippen LogP contribution in [0.15, 0.2) is 53.4 Å². The van der Waals surface area contributed by atoms with Crippen molar-refractivity contribution < 1.29 is 31.2 Å². The summed E-state index contributed by atoms with van der Waals surface area (Å²) >= 11 is 0. The van der Waals surface area contributed by atoms with E-state index in [-0.39, 0.29) is 48.6 Å². The number of alkyl halides is 3. The maximum Gasteiger partial charge on any atom is 0.417 e. The molecule has 2 aromatic carbocycles. The fraction of sp³-hybridized carbons (Fsp3) is 0.391. The predicted molar refractivity (Wildman–Crippen MR) is 120 cm³/mol. The van der Waals surface area contributed by atoms with Gasteiger partial charge in [-0.05, 0) is 50.2 Å². The summed E-state index contributed by atoms with van der Waals surface area (Å²) in [4.78, 5) is 28.4. The second kappa shape index (κ2) is 9.75. The molecule has 1 fully saturated rings. The Morgan fingerprint density at radius 3 is 1.88 bits per heavy atom. The Hall–Kier alpha value is -2.92. The summed E-state index contributed by atoms with van der Waals surface area (Å²) in [6, 6.07) is 10.0. The Morgan fingerprint density at radius 2 is 1.38 bits per heavy atom. The molecule has 0 saturated carbocycles. The number of piperazine rings is 1. The summed E-state index contributed by atoms with van der Waals surface area (Å²) < 4.78 is 66.2. The average Bonchev–Trinajstić information content (AvgIpc) is 2.82. The molecule has 7 nitrogen and oxygen atoms in total. The van der Waals surface area contributed by atoms with E-state index < -0.39 is 33.2 Å². The highest BCUT2D eigenvalue weighted by Gasteiger charge is 2.36. The number of sulfonamides is 1. The molecule has 1 saturated heterocycles. The van der Waals surface area contributed by atoms with Crippen LogP contribution in [0.1, 0.15) is 40.1 Å². The van der Waals surface area contributed by atoms with Crippen molar-refractivity contribution in [1.82, 2.24) is 14.1 Å². The molecule has 0 bridgehead atoms. The van der Waals surface area contributed by atoms with Crippen molar-refractivity contribution in [2.24, 2.45) is 0 Å². The number of amides is 2. The van der Waals surface area contributed by atoms with Gasteiger partial charge in [0.15, 0.2) is 0 Å². The molecule has 184 valence electrons. The van der Waals surface area contributed by atoms with Crippen LogP contribution < -0.4 is 0 Å². The third kappa shape index (κ3) is 5.25. The van der Waals surface area contributed by atoms with Crippen LogP contribution in [0.3, 0.4) is 0 Å². The van der Waals surface area contributed by atoms with E-state index in [0.29, 0.717) is 0 Å². The molecule has 34 heavy (non-hydrogen) atoms. The number of halogens is 3. The SMILES string of the molecule is CC(C)N(C)S(=O)(=O)c1ccc(C(=O)N2CCN(C(=O)c3ccccc3C(F)(F)F)CC2)cc1. The standard InChI is InChI=1S/C23H26F3N3O4S/c1-16(2)27(3)34(32,33)18-10-8-17(9-11-18)21(30)28-12-14-29(15-13-28)22(31)19-6-4-5-7-20(19)23(24,25)26/h4-11,16H,12-15H2,1-3H3. The van der Waals surface area contributed by atoms with Gasteiger partial charge in [-0.25, -0.2) is 8.42 Å². The molecular weight excluding hydrogens is 471 g/mol. The van der Waals surface area contributed by atoms with Crippen molar-refractivity contribution in [2.75, 3.05) is 33.2 Å². The molecule has 1 heterocycles. The van der Waals surface area contributed by atoms with Gasteiger partial charge in [-0.2, -0.15) is 17.5 Å². The zero-order chi connectivity index (χ0) is 25.3. The molecule has 1 aliphatic rings. The minimum Gasteiger partial charge on any atom is -0.335 e. The van der Waals surface area contributed by atoms with Crippen LogP contribution >= 0.6 is 0 Å². The molecule has 0 unspecified atom stereocenters. The van der Waals surface area contributed by atoms with Crippen LogP contribution in [0, 0.1) is 0 Å². The predicted octanol–water partition coefficient (Wildman–Crippen LogP) is 3.33. The lowest BCUT2D eigenvalue weighted by Gasteiger charge is -2.35. The van der Waals surface area contributed by atoms with Gasteiger partial charge in [0.25, 0.3) is 11.8 Å². The Morgan fingerprint density at radius 1 is 0.882 bits per heavy atom. The molecule has 3 rings (SSSR count). The number of hydrogen-bond acceptors (Lipinski definition) is 4. The molecule has 0 N–H and O–H groups in total. The van der Waals surface area contributed by atoms with Crippen molar-refractivity contribution in [1.29, 1.82) is 0 Å². The highest BCUT2D eigenvalue weighted by molar-refractivity contribution is 7.89. The van der Waals surface area contributed by atoms with Gasteiger partial charge >= 0.3 is 6.18 Å². The van der Waals surface area contributed by atoms with E-state index in [0.717, 1.165) is 12.1 Å². The second-order valence-corrected chi connectivity index (χ2v) is 10.3. The topological polar surface area (TPSA) is 78.0 Å². The van der Waals surface area contributed by atoms with Gasteiger partial charge < -0.3 is 9.80 Å². The zero-order valence-corrected chi connectivity index (χ0v) is 19.9. The van der Waals surface area contributed by atoms with Crippen molar-refractivity contribution in [3.05, 3.63) is 65.2 Å². The third-order valence-corrected chi connectivity index (χ3v) is 7.87. The minimum absolute atomic E-state index is 0.0685. The first-order chi connectivity index (χ1) is 15.8. The zero-order valence-electron chi connectivity index (χ0n) is 19.0. The molecule has 1 aliphatic heterocycles. The van der Waals surface area contributed by atoms with E-state index in [9.17, 15) is 31.2 Å². The quantitative estimate of drug-likeness (QED) is 0.635. The summed E-state index contributed by atoms with van der Waals surface area (Å²) in [5, 5.41) is 0. The number of carbonyl (C=O) groups excluding carboxylic acids is 2. The van der Waals surface area contributed by atoms with Crippen molar-refractivity contribution >= 4 is 21.8 Å². The number of hydrogen-bond donors (Lipinski definition) is 0. The van der Waals surface area contributed by atoms with Gasteiger partial charge in [-0.3, -0.25) is 9.59 Å². The minimum atomic E-state index is -4.65. The summed E-state index contributed by atoms with van der Waals surface area (Å²) in [5.74, 6) is -1.08. The first kappa shape index (κ1) is 25.7. The molecule has 11 heteroatoms. The molecule has 2 aromatic rings. The smallest absolute Gasteiger partial charge is 0.335 e. The van der Waals surface area contributed by atoms with Crippen LogP contribution in [0.25, 0.3) is 0 Å². The van der Waals surface area contributed by atoms with Crippen molar-refractivity contribution in [3.63, 3.8) is 0 Å². The van der Waals surface area contributed by atoms with Gasteiger partial charge in [-0.1, -0.05) is 12.1 Å². The Labute approximate surface area is 196 Å². The molecule has 0 spiro atoms. The van der Waals surface area contributed by atoms with Crippen molar-refractivity contribution in [2.45, 2.75) is 31.0 Å². The fourth-order valence-electron chi connectivity index (χ4n) is 3.60. The molecule has 0 radical (unpaired) electrons. The first-order valence-electron chi connectivity index (χ1n) is 10.7. The Kier molecular flexibility index (Phi) is 7.37. The van der Waals surface area contributed by atoms with Crippen LogP contribution in [0.2, 0.25) is 0 Å². The lowest BCUT2D eigenvalue weighted by atomic mass is 10.1. The normalized spacial score (nSPS) is 15.2. The molecule has 0 aromatic heterocycles. The van der Waals surface area contributed by atoms with E-state index >= 15 is 0 Å². The van der Waals surface area contributed by atoms with Crippen LogP contribution in [-0.4, -0.2) is 73.6 Å². The average molecular weight is 498 g/mol. The monoisotopic (exact) mass is 497 g/mol. The maximum atomic E-state index is 13.3. The van der Waals surface area contributed by atoms with Gasteiger partial charge in [0.05, 0.1) is 16.0 Å². The number of carbonyl (C=O) groups is 2. The number of benzene rings is 2. The van der Waals surface area contributed by atoms with Gasteiger partial charge in [0, 0.05) is 44.8 Å². The second-order valence-electron chi connectivity index (χ2n) is 8.27. The van der Waals surface area contributed by atoms with Gasteiger partial charge in [-0.15, -0.1) is 0 Å². The summed E-state index contributed by atoms with van der Waals surface area (Å²) in [6.07, 6.45) is -4.65. The lowest BCUT2D eigenvalue weighted by molar-refractivity contribution is -0.138. The molecule has 0 atom stereocenters. The van der Waals surface area contributed by atoms with Crippen molar-refractivity contribution in [3.8, 4) is 0 Å². The first-order valence-corrected chi connectivity index (χ1v) is 12.1. The number of nitrogens with zero attached hydrogens (tertiary/aromatic N) is 3.